The molecule has 0 atom stereocenters. The van der Waals surface area contributed by atoms with Gasteiger partial charge in [0, 0.05) is 6.20 Å². The Labute approximate surface area is 110 Å². The molecule has 3 rings (SSSR count). The van der Waals surface area contributed by atoms with E-state index in [1.54, 1.807) is 12.1 Å². The summed E-state index contributed by atoms with van der Waals surface area (Å²) in [5.74, 6) is -0.425. The van der Waals surface area contributed by atoms with Crippen molar-refractivity contribution in [3.63, 3.8) is 0 Å². The van der Waals surface area contributed by atoms with E-state index in [0.717, 1.165) is 0 Å². The fourth-order valence-corrected chi connectivity index (χ4v) is 1.90. The number of hydrogen-bond donors (Lipinski definition) is 4. The minimum absolute atomic E-state index is 0.132. The van der Waals surface area contributed by atoms with Gasteiger partial charge in [0.25, 0.3) is 17.0 Å². The summed E-state index contributed by atoms with van der Waals surface area (Å²) in [5.41, 5.74) is -0.328. The Kier molecular flexibility index (Phi) is 2.68. The normalized spacial score (nSPS) is 10.6. The van der Waals surface area contributed by atoms with E-state index >= 15 is 0 Å². The first-order chi connectivity index (χ1) is 9.66. The van der Waals surface area contributed by atoms with Gasteiger partial charge < -0.3 is 5.32 Å². The van der Waals surface area contributed by atoms with Crippen LogP contribution in [0.5, 0.6) is 0 Å². The first-order valence-corrected chi connectivity index (χ1v) is 5.70. The van der Waals surface area contributed by atoms with E-state index < -0.39 is 17.0 Å². The molecule has 1 aromatic carbocycles. The number of aromatic amines is 3. The third-order valence-electron chi connectivity index (χ3n) is 2.83. The van der Waals surface area contributed by atoms with Gasteiger partial charge in [-0.25, -0.2) is 0 Å². The third-order valence-corrected chi connectivity index (χ3v) is 2.83. The summed E-state index contributed by atoms with van der Waals surface area (Å²) >= 11 is 0. The van der Waals surface area contributed by atoms with E-state index in [2.05, 4.69) is 25.7 Å². The Morgan fingerprint density at radius 1 is 1.15 bits per heavy atom. The zero-order chi connectivity index (χ0) is 14.1. The second-order valence-electron chi connectivity index (χ2n) is 4.08. The van der Waals surface area contributed by atoms with Gasteiger partial charge in [0.05, 0.1) is 28.2 Å². The van der Waals surface area contributed by atoms with E-state index in [1.165, 1.54) is 18.5 Å². The molecule has 0 saturated heterocycles. The molecule has 3 aromatic rings. The summed E-state index contributed by atoms with van der Waals surface area (Å²) < 4.78 is 0. The molecule has 8 heteroatoms. The van der Waals surface area contributed by atoms with Crippen molar-refractivity contribution in [1.29, 1.82) is 0 Å². The maximum Gasteiger partial charge on any atom is 0.272 e. The Hall–Kier alpha value is -3.16. The molecule has 4 N–H and O–H groups in total. The number of amides is 1. The van der Waals surface area contributed by atoms with Crippen LogP contribution in [-0.2, 0) is 0 Å². The van der Waals surface area contributed by atoms with Gasteiger partial charge in [-0.05, 0) is 12.1 Å². The van der Waals surface area contributed by atoms with Crippen molar-refractivity contribution in [3.8, 4) is 0 Å². The van der Waals surface area contributed by atoms with Crippen molar-refractivity contribution in [2.45, 2.75) is 0 Å². The highest BCUT2D eigenvalue weighted by molar-refractivity contribution is 6.08. The van der Waals surface area contributed by atoms with E-state index in [1.807, 2.05) is 0 Å². The Balaban J connectivity index is 2.13. The second kappa shape index (κ2) is 4.50. The summed E-state index contributed by atoms with van der Waals surface area (Å²) in [7, 11) is 0. The number of rotatable bonds is 2. The minimum atomic E-state index is -0.484. The van der Waals surface area contributed by atoms with Gasteiger partial charge in [-0.1, -0.05) is 6.07 Å². The lowest BCUT2D eigenvalue weighted by molar-refractivity contribution is 0.102. The molecule has 0 fully saturated rings. The number of aromatic nitrogens is 4. The monoisotopic (exact) mass is 271 g/mol. The topological polar surface area (TPSA) is 124 Å². The Morgan fingerprint density at radius 2 is 1.95 bits per heavy atom. The van der Waals surface area contributed by atoms with Crippen molar-refractivity contribution in [2.75, 3.05) is 5.32 Å². The molecule has 100 valence electrons. The molecule has 0 spiro atoms. The molecule has 20 heavy (non-hydrogen) atoms. The van der Waals surface area contributed by atoms with Crippen LogP contribution in [0.3, 0.4) is 0 Å². The van der Waals surface area contributed by atoms with E-state index in [-0.39, 0.29) is 16.5 Å². The number of nitrogens with zero attached hydrogens (tertiary/aromatic N) is 1. The van der Waals surface area contributed by atoms with Crippen molar-refractivity contribution >= 4 is 22.4 Å². The summed E-state index contributed by atoms with van der Waals surface area (Å²) in [6, 6.07) is 4.65. The molecule has 0 aliphatic carbocycles. The van der Waals surface area contributed by atoms with Crippen LogP contribution in [0.1, 0.15) is 10.4 Å². The summed E-state index contributed by atoms with van der Waals surface area (Å²) in [4.78, 5) is 35.4. The second-order valence-corrected chi connectivity index (χ2v) is 4.08. The van der Waals surface area contributed by atoms with Crippen LogP contribution in [-0.4, -0.2) is 26.3 Å². The van der Waals surface area contributed by atoms with Crippen LogP contribution >= 0.6 is 0 Å². The van der Waals surface area contributed by atoms with Crippen LogP contribution in [0.15, 0.2) is 40.2 Å². The number of nitrogens with one attached hydrogen (secondary N) is 4. The van der Waals surface area contributed by atoms with Gasteiger partial charge in [0.15, 0.2) is 0 Å². The fourth-order valence-electron chi connectivity index (χ4n) is 1.90. The van der Waals surface area contributed by atoms with E-state index in [0.29, 0.717) is 5.56 Å². The van der Waals surface area contributed by atoms with Gasteiger partial charge in [-0.15, -0.1) is 0 Å². The number of anilines is 1. The lowest BCUT2D eigenvalue weighted by Gasteiger charge is -2.06. The average Bonchev–Trinajstić information content (AvgIpc) is 2.97. The van der Waals surface area contributed by atoms with Crippen LogP contribution in [0.2, 0.25) is 0 Å². The third kappa shape index (κ3) is 1.88. The first-order valence-electron chi connectivity index (χ1n) is 5.70. The highest BCUT2D eigenvalue weighted by Gasteiger charge is 2.12. The molecule has 0 aliphatic rings. The molecular weight excluding hydrogens is 262 g/mol. The highest BCUT2D eigenvalue weighted by atomic mass is 16.2. The van der Waals surface area contributed by atoms with Crippen molar-refractivity contribution < 1.29 is 4.79 Å². The number of carbonyl (C=O) groups is 1. The first kappa shape index (κ1) is 11.9. The quantitative estimate of drug-likeness (QED) is 0.531. The smallest absolute Gasteiger partial charge is 0.272 e. The van der Waals surface area contributed by atoms with Crippen molar-refractivity contribution in [3.05, 3.63) is 56.9 Å². The molecule has 1 amide bonds. The van der Waals surface area contributed by atoms with Gasteiger partial charge in [0.2, 0.25) is 0 Å². The van der Waals surface area contributed by atoms with Crippen LogP contribution in [0.4, 0.5) is 5.69 Å². The number of benzene rings is 1. The lowest BCUT2D eigenvalue weighted by Crippen LogP contribution is -2.21. The molecule has 0 radical (unpaired) electrons. The Morgan fingerprint density at radius 3 is 2.70 bits per heavy atom. The zero-order valence-corrected chi connectivity index (χ0v) is 10.1. The maximum absolute atomic E-state index is 11.9. The molecule has 8 nitrogen and oxygen atoms in total. The van der Waals surface area contributed by atoms with Crippen molar-refractivity contribution in [1.82, 2.24) is 20.4 Å². The maximum atomic E-state index is 11.9. The van der Waals surface area contributed by atoms with Crippen molar-refractivity contribution in [2.24, 2.45) is 0 Å². The molecule has 0 saturated carbocycles. The highest BCUT2D eigenvalue weighted by Crippen LogP contribution is 2.17. The summed E-state index contributed by atoms with van der Waals surface area (Å²) in [6.45, 7) is 0. The number of hydrogen-bond acceptors (Lipinski definition) is 4. The summed E-state index contributed by atoms with van der Waals surface area (Å²) in [5, 5.41) is 13.6. The van der Waals surface area contributed by atoms with Crippen LogP contribution in [0.25, 0.3) is 10.8 Å². The minimum Gasteiger partial charge on any atom is -0.321 e. The number of H-pyrrole nitrogens is 3. The number of carbonyl (C=O) groups excluding carboxylic acids is 1. The van der Waals surface area contributed by atoms with Gasteiger partial charge in [0.1, 0.15) is 0 Å². The number of fused-ring (bicyclic) bond motifs is 1. The molecule has 0 aliphatic heterocycles. The van der Waals surface area contributed by atoms with Gasteiger partial charge in [-0.3, -0.25) is 29.7 Å². The summed E-state index contributed by atoms with van der Waals surface area (Å²) in [6.07, 6.45) is 2.79. The molecule has 2 heterocycles. The van der Waals surface area contributed by atoms with Crippen LogP contribution < -0.4 is 16.4 Å². The SMILES string of the molecule is O=C(Nc1cccc2c(=O)[nH][nH]c(=O)c12)c1cn[nH]c1. The predicted octanol–water partition coefficient (Wildman–Crippen LogP) is 0.192. The van der Waals surface area contributed by atoms with Crippen LogP contribution in [0, 0.1) is 0 Å². The zero-order valence-electron chi connectivity index (χ0n) is 10.1. The largest absolute Gasteiger partial charge is 0.321 e. The molecule has 0 unspecified atom stereocenters. The molecule has 2 aromatic heterocycles. The Bertz CT molecular complexity index is 891. The predicted molar refractivity (Wildman–Crippen MR) is 71.7 cm³/mol. The van der Waals surface area contributed by atoms with E-state index in [9.17, 15) is 14.4 Å². The fraction of sp³-hybridized carbons (Fsp3) is 0. The lowest BCUT2D eigenvalue weighted by atomic mass is 10.1. The molecule has 0 bridgehead atoms. The molecular formula is C12H9N5O3. The van der Waals surface area contributed by atoms with E-state index in [4.69, 9.17) is 0 Å². The van der Waals surface area contributed by atoms with Gasteiger partial charge in [-0.2, -0.15) is 5.10 Å². The van der Waals surface area contributed by atoms with Gasteiger partial charge >= 0.3 is 0 Å². The standard InChI is InChI=1S/C12H9N5O3/c18-10(6-4-13-14-5-6)15-8-3-1-2-7-9(8)12(20)17-16-11(7)19/h1-5H,(H,13,14)(H,15,18)(H,16,19)(H,17,20). The average molecular weight is 271 g/mol.